The van der Waals surface area contributed by atoms with E-state index < -0.39 is 9.84 Å². The van der Waals surface area contributed by atoms with Crippen LogP contribution in [0.25, 0.3) is 0 Å². The molecule has 3 heterocycles. The Hall–Kier alpha value is -2.81. The monoisotopic (exact) mass is 445 g/mol. The van der Waals surface area contributed by atoms with E-state index in [2.05, 4.69) is 9.88 Å². The van der Waals surface area contributed by atoms with E-state index in [1.807, 2.05) is 36.1 Å². The molecule has 4 rings (SSSR count). The van der Waals surface area contributed by atoms with Crippen molar-refractivity contribution < 1.29 is 22.7 Å². The van der Waals surface area contributed by atoms with E-state index in [0.29, 0.717) is 37.4 Å². The van der Waals surface area contributed by atoms with Gasteiger partial charge in [0, 0.05) is 31.7 Å². The smallest absolute Gasteiger partial charge is 0.222 e. The number of amides is 1. The summed E-state index contributed by atoms with van der Waals surface area (Å²) in [4.78, 5) is 20.0. The summed E-state index contributed by atoms with van der Waals surface area (Å²) in [6.45, 7) is 6.05. The molecule has 31 heavy (non-hydrogen) atoms. The fourth-order valence-electron chi connectivity index (χ4n) is 4.09. The minimum Gasteiger partial charge on any atom is -0.490 e. The van der Waals surface area contributed by atoms with Crippen LogP contribution in [-0.4, -0.2) is 62.8 Å². The maximum absolute atomic E-state index is 11.9. The van der Waals surface area contributed by atoms with Crippen molar-refractivity contribution in [2.75, 3.05) is 37.4 Å². The molecule has 8 nitrogen and oxygen atoms in total. The molecule has 1 fully saturated rings. The summed E-state index contributed by atoms with van der Waals surface area (Å²) < 4.78 is 35.8. The van der Waals surface area contributed by atoms with Gasteiger partial charge in [0.2, 0.25) is 5.91 Å². The summed E-state index contributed by atoms with van der Waals surface area (Å²) in [5.41, 5.74) is 2.25. The third-order valence-electron chi connectivity index (χ3n) is 5.58. The van der Waals surface area contributed by atoms with Crippen LogP contribution in [0.1, 0.15) is 25.3 Å². The van der Waals surface area contributed by atoms with Crippen LogP contribution in [0.4, 0.5) is 11.4 Å². The Labute approximate surface area is 182 Å². The average Bonchev–Trinajstić information content (AvgIpc) is 3.20. The number of carbonyl (C=O) groups is 1. The molecule has 1 saturated heterocycles. The largest absolute Gasteiger partial charge is 0.490 e. The maximum atomic E-state index is 11.9. The number of fused-ring (bicyclic) bond motifs is 1. The van der Waals surface area contributed by atoms with E-state index in [1.165, 1.54) is 0 Å². The lowest BCUT2D eigenvalue weighted by molar-refractivity contribution is -0.130. The molecular weight excluding hydrogens is 418 g/mol. The number of likely N-dealkylation sites (tertiary alicyclic amines) is 1. The van der Waals surface area contributed by atoms with Crippen molar-refractivity contribution in [1.29, 1.82) is 0 Å². The number of hydrogen-bond acceptors (Lipinski definition) is 7. The van der Waals surface area contributed by atoms with Crippen LogP contribution in [0.15, 0.2) is 35.5 Å². The molecule has 2 aliphatic rings. The zero-order chi connectivity index (χ0) is 22.2. The standard InChI is InChI=1S/C22H27N3O5S/c1-4-21(26)24-8-7-18(14-24)30-17-5-6-20-19(12-17)25(9-10-29-20)16-11-15(2)22(23-13-16)31(3,27)28/h5-6,11-13,18H,4,7-10,14H2,1-3H3. The molecule has 1 aromatic heterocycles. The topological polar surface area (TPSA) is 89.0 Å². The molecule has 1 amide bonds. The second kappa shape index (κ2) is 8.37. The number of pyridine rings is 1. The van der Waals surface area contributed by atoms with Crippen molar-refractivity contribution in [2.24, 2.45) is 0 Å². The molecule has 1 atom stereocenters. The molecule has 0 aliphatic carbocycles. The molecule has 0 bridgehead atoms. The van der Waals surface area contributed by atoms with E-state index in [0.717, 1.165) is 36.3 Å². The molecular formula is C22H27N3O5S. The summed E-state index contributed by atoms with van der Waals surface area (Å²) in [5, 5.41) is 0.0919. The van der Waals surface area contributed by atoms with Crippen LogP contribution in [0.5, 0.6) is 11.5 Å². The number of rotatable bonds is 5. The van der Waals surface area contributed by atoms with Gasteiger partial charge in [-0.2, -0.15) is 0 Å². The summed E-state index contributed by atoms with van der Waals surface area (Å²) in [6, 6.07) is 7.52. The molecule has 2 aliphatic heterocycles. The molecule has 0 radical (unpaired) electrons. The van der Waals surface area contributed by atoms with Crippen LogP contribution in [0, 0.1) is 6.92 Å². The number of benzene rings is 1. The van der Waals surface area contributed by atoms with Crippen molar-refractivity contribution in [3.05, 3.63) is 36.0 Å². The molecule has 9 heteroatoms. The van der Waals surface area contributed by atoms with E-state index in [-0.39, 0.29) is 17.0 Å². The molecule has 2 aromatic rings. The lowest BCUT2D eigenvalue weighted by Gasteiger charge is -2.32. The van der Waals surface area contributed by atoms with E-state index >= 15 is 0 Å². The quantitative estimate of drug-likeness (QED) is 0.699. The number of sulfone groups is 1. The van der Waals surface area contributed by atoms with E-state index in [9.17, 15) is 13.2 Å². The van der Waals surface area contributed by atoms with Gasteiger partial charge in [-0.1, -0.05) is 6.92 Å². The summed E-state index contributed by atoms with van der Waals surface area (Å²) >= 11 is 0. The summed E-state index contributed by atoms with van der Waals surface area (Å²) in [6.07, 6.45) is 4.01. The molecule has 1 unspecified atom stereocenters. The third-order valence-corrected chi connectivity index (χ3v) is 6.71. The predicted molar refractivity (Wildman–Crippen MR) is 117 cm³/mol. The van der Waals surface area contributed by atoms with E-state index in [4.69, 9.17) is 9.47 Å². The zero-order valence-electron chi connectivity index (χ0n) is 18.0. The van der Waals surface area contributed by atoms with Crippen LogP contribution in [0.2, 0.25) is 0 Å². The first-order valence-electron chi connectivity index (χ1n) is 10.4. The van der Waals surface area contributed by atoms with Gasteiger partial charge in [0.1, 0.15) is 24.2 Å². The second-order valence-corrected chi connectivity index (χ2v) is 9.87. The highest BCUT2D eigenvalue weighted by molar-refractivity contribution is 7.90. The van der Waals surface area contributed by atoms with Crippen LogP contribution >= 0.6 is 0 Å². The third kappa shape index (κ3) is 4.46. The fraction of sp³-hybridized carbons (Fsp3) is 0.455. The Morgan fingerprint density at radius 2 is 2.10 bits per heavy atom. The number of aromatic nitrogens is 1. The van der Waals surface area contributed by atoms with Crippen molar-refractivity contribution in [3.8, 4) is 11.5 Å². The Morgan fingerprint density at radius 3 is 2.81 bits per heavy atom. The molecule has 0 saturated carbocycles. The van der Waals surface area contributed by atoms with Crippen LogP contribution < -0.4 is 14.4 Å². The fourth-order valence-corrected chi connectivity index (χ4v) is 4.98. The first-order chi connectivity index (χ1) is 14.8. The van der Waals surface area contributed by atoms with E-state index in [1.54, 1.807) is 13.1 Å². The second-order valence-electron chi connectivity index (χ2n) is 7.94. The zero-order valence-corrected chi connectivity index (χ0v) is 18.8. The number of aryl methyl sites for hydroxylation is 1. The number of nitrogens with zero attached hydrogens (tertiary/aromatic N) is 3. The van der Waals surface area contributed by atoms with Gasteiger partial charge in [0.05, 0.1) is 30.7 Å². The first-order valence-corrected chi connectivity index (χ1v) is 12.3. The van der Waals surface area contributed by atoms with Crippen molar-refractivity contribution >= 4 is 27.1 Å². The summed E-state index contributed by atoms with van der Waals surface area (Å²) in [5.74, 6) is 1.59. The number of hydrogen-bond donors (Lipinski definition) is 0. The normalized spacial score (nSPS) is 18.5. The number of carbonyl (C=O) groups excluding carboxylic acids is 1. The SMILES string of the molecule is CCC(=O)N1CCC(Oc2ccc3c(c2)N(c2cnc(S(C)(=O)=O)c(C)c2)CCO3)C1. The minimum absolute atomic E-state index is 0.0375. The average molecular weight is 446 g/mol. The highest BCUT2D eigenvalue weighted by atomic mass is 32.2. The van der Waals surface area contributed by atoms with Crippen molar-refractivity contribution in [3.63, 3.8) is 0 Å². The van der Waals surface area contributed by atoms with Gasteiger partial charge in [-0.3, -0.25) is 4.79 Å². The first kappa shape index (κ1) is 21.4. The van der Waals surface area contributed by atoms with Crippen molar-refractivity contribution in [2.45, 2.75) is 37.8 Å². The maximum Gasteiger partial charge on any atom is 0.222 e. The Balaban J connectivity index is 1.57. The molecule has 0 spiro atoms. The van der Waals surface area contributed by atoms with Gasteiger partial charge in [0.15, 0.2) is 14.9 Å². The number of anilines is 2. The highest BCUT2D eigenvalue weighted by Crippen LogP contribution is 2.39. The van der Waals surface area contributed by atoms with Gasteiger partial charge in [-0.15, -0.1) is 0 Å². The Morgan fingerprint density at radius 1 is 1.29 bits per heavy atom. The van der Waals surface area contributed by atoms with Gasteiger partial charge in [0.25, 0.3) is 0 Å². The van der Waals surface area contributed by atoms with Crippen molar-refractivity contribution in [1.82, 2.24) is 9.88 Å². The van der Waals surface area contributed by atoms with Gasteiger partial charge in [-0.25, -0.2) is 13.4 Å². The molecule has 1 aromatic carbocycles. The lowest BCUT2D eigenvalue weighted by Crippen LogP contribution is -2.30. The predicted octanol–water partition coefficient (Wildman–Crippen LogP) is 2.71. The summed E-state index contributed by atoms with van der Waals surface area (Å²) in [7, 11) is -3.38. The molecule has 0 N–H and O–H groups in total. The van der Waals surface area contributed by atoms with Crippen LogP contribution in [0.3, 0.4) is 0 Å². The van der Waals surface area contributed by atoms with Gasteiger partial charge in [-0.05, 0) is 30.7 Å². The van der Waals surface area contributed by atoms with Gasteiger partial charge < -0.3 is 19.3 Å². The molecule has 166 valence electrons. The highest BCUT2D eigenvalue weighted by Gasteiger charge is 2.28. The Kier molecular flexibility index (Phi) is 5.79. The minimum atomic E-state index is -3.38. The van der Waals surface area contributed by atoms with Crippen LogP contribution in [-0.2, 0) is 14.6 Å². The lowest BCUT2D eigenvalue weighted by atomic mass is 10.2. The number of ether oxygens (including phenoxy) is 2. The Bertz CT molecular complexity index is 1100. The van der Waals surface area contributed by atoms with Gasteiger partial charge >= 0.3 is 0 Å².